The van der Waals surface area contributed by atoms with Gasteiger partial charge in [-0.2, -0.15) is 5.26 Å². The normalized spacial score (nSPS) is 31.7. The smallest absolute Gasteiger partial charge is 0.160 e. The minimum absolute atomic E-state index is 0.0530. The predicted octanol–water partition coefficient (Wildman–Crippen LogP) is 2.32. The highest BCUT2D eigenvalue weighted by Gasteiger charge is 2.44. The van der Waals surface area contributed by atoms with Crippen molar-refractivity contribution in [1.82, 2.24) is 4.98 Å². The summed E-state index contributed by atoms with van der Waals surface area (Å²) < 4.78 is 5.69. The summed E-state index contributed by atoms with van der Waals surface area (Å²) in [5, 5.41) is 9.31. The van der Waals surface area contributed by atoms with E-state index in [9.17, 15) is 10.1 Å². The monoisotopic (exact) mass is 258 g/mol. The van der Waals surface area contributed by atoms with Gasteiger partial charge in [-0.15, -0.1) is 0 Å². The van der Waals surface area contributed by atoms with Crippen LogP contribution in [0.25, 0.3) is 0 Å². The van der Waals surface area contributed by atoms with Crippen LogP contribution in [0.5, 0.6) is 0 Å². The van der Waals surface area contributed by atoms with Gasteiger partial charge in [-0.3, -0.25) is 9.78 Å². The largest absolute Gasteiger partial charge is 0.375 e. The second-order valence-corrected chi connectivity index (χ2v) is 5.18. The number of pyridine rings is 1. The van der Waals surface area contributed by atoms with Crippen molar-refractivity contribution >= 4 is 5.78 Å². The molecule has 100 valence electrons. The molecule has 1 fully saturated rings. The maximum absolute atomic E-state index is 12.6. The van der Waals surface area contributed by atoms with E-state index in [0.717, 1.165) is 0 Å². The number of carbonyl (C=O) groups is 1. The molecule has 0 N–H and O–H groups in total. The Labute approximate surface area is 113 Å². The average molecular weight is 258 g/mol. The molecule has 0 radical (unpaired) electrons. The molecule has 1 aliphatic rings. The number of carbonyl (C=O) groups excluding carboxylic acids is 1. The molecule has 1 aromatic rings. The molecule has 1 aromatic heterocycles. The van der Waals surface area contributed by atoms with Gasteiger partial charge in [-0.25, -0.2) is 0 Å². The quantitative estimate of drug-likeness (QED) is 0.834. The van der Waals surface area contributed by atoms with E-state index in [4.69, 9.17) is 4.74 Å². The molecule has 4 nitrogen and oxygen atoms in total. The van der Waals surface area contributed by atoms with E-state index < -0.39 is 5.92 Å². The molecule has 0 aromatic carbocycles. The molecule has 19 heavy (non-hydrogen) atoms. The number of hydrogen-bond acceptors (Lipinski definition) is 4. The summed E-state index contributed by atoms with van der Waals surface area (Å²) in [4.78, 5) is 16.6. The van der Waals surface area contributed by atoms with Crippen molar-refractivity contribution < 1.29 is 9.53 Å². The van der Waals surface area contributed by atoms with Gasteiger partial charge < -0.3 is 4.74 Å². The molecule has 0 aliphatic carbocycles. The number of ketones is 1. The first kappa shape index (κ1) is 13.7. The first-order valence-electron chi connectivity index (χ1n) is 6.55. The molecule has 5 unspecified atom stereocenters. The third kappa shape index (κ3) is 2.52. The molecule has 0 spiro atoms. The van der Waals surface area contributed by atoms with Gasteiger partial charge in [0.1, 0.15) is 5.92 Å². The average Bonchev–Trinajstić information content (AvgIpc) is 2.65. The van der Waals surface area contributed by atoms with Gasteiger partial charge in [0.2, 0.25) is 0 Å². The highest BCUT2D eigenvalue weighted by atomic mass is 16.5. The lowest BCUT2D eigenvalue weighted by molar-refractivity contribution is -0.125. The lowest BCUT2D eigenvalue weighted by Gasteiger charge is -2.20. The van der Waals surface area contributed by atoms with Crippen LogP contribution < -0.4 is 0 Å². The summed E-state index contributed by atoms with van der Waals surface area (Å²) in [6.07, 6.45) is 3.14. The van der Waals surface area contributed by atoms with Crippen molar-refractivity contribution in [2.75, 3.05) is 0 Å². The highest BCUT2D eigenvalue weighted by molar-refractivity contribution is 5.91. The van der Waals surface area contributed by atoms with E-state index in [2.05, 4.69) is 11.1 Å². The molecule has 5 atom stereocenters. The van der Waals surface area contributed by atoms with Gasteiger partial charge in [0.05, 0.1) is 24.2 Å². The number of Topliss-reactive ketones (excluding diaryl/α,β-unsaturated/α-hetero) is 1. The first-order valence-corrected chi connectivity index (χ1v) is 6.55. The maximum Gasteiger partial charge on any atom is 0.160 e. The molecular formula is C15H18N2O2. The zero-order valence-corrected chi connectivity index (χ0v) is 11.4. The standard InChI is InChI=1S/C15H18N2O2/c1-9-10(2)19-11(3)14(9)15(18)13(7-16)12-5-4-6-17-8-12/h4-6,8-11,13-14H,1-3H3. The summed E-state index contributed by atoms with van der Waals surface area (Å²) in [7, 11) is 0. The molecule has 0 amide bonds. The van der Waals surface area contributed by atoms with E-state index in [0.29, 0.717) is 5.56 Å². The van der Waals surface area contributed by atoms with E-state index in [1.807, 2.05) is 20.8 Å². The van der Waals surface area contributed by atoms with Crippen LogP contribution in [-0.4, -0.2) is 23.0 Å². The minimum atomic E-state index is -0.752. The van der Waals surface area contributed by atoms with Crippen molar-refractivity contribution in [2.45, 2.75) is 38.9 Å². The molecule has 1 saturated heterocycles. The molecule has 1 aliphatic heterocycles. The van der Waals surface area contributed by atoms with Crippen molar-refractivity contribution in [2.24, 2.45) is 11.8 Å². The molecular weight excluding hydrogens is 240 g/mol. The second-order valence-electron chi connectivity index (χ2n) is 5.18. The summed E-state index contributed by atoms with van der Waals surface area (Å²) in [6.45, 7) is 5.88. The van der Waals surface area contributed by atoms with Crippen molar-refractivity contribution in [3.63, 3.8) is 0 Å². The van der Waals surface area contributed by atoms with E-state index >= 15 is 0 Å². The van der Waals surface area contributed by atoms with E-state index in [-0.39, 0.29) is 29.8 Å². The Morgan fingerprint density at radius 2 is 2.16 bits per heavy atom. The van der Waals surface area contributed by atoms with Gasteiger partial charge in [0.25, 0.3) is 0 Å². The third-order valence-corrected chi connectivity index (χ3v) is 4.00. The van der Waals surface area contributed by atoms with Crippen LogP contribution in [0, 0.1) is 23.2 Å². The fourth-order valence-corrected chi connectivity index (χ4v) is 2.80. The Balaban J connectivity index is 2.26. The van der Waals surface area contributed by atoms with Crippen LogP contribution in [0.2, 0.25) is 0 Å². The SMILES string of the molecule is CC1OC(C)C(C(=O)C(C#N)c2cccnc2)C1C. The summed E-state index contributed by atoms with van der Waals surface area (Å²) in [6, 6.07) is 5.62. The zero-order valence-electron chi connectivity index (χ0n) is 11.4. The second kappa shape index (κ2) is 5.50. The molecule has 0 saturated carbocycles. The Kier molecular flexibility index (Phi) is 3.96. The van der Waals surface area contributed by atoms with Crippen molar-refractivity contribution in [3.8, 4) is 6.07 Å². The zero-order chi connectivity index (χ0) is 14.0. The van der Waals surface area contributed by atoms with Gasteiger partial charge >= 0.3 is 0 Å². The topological polar surface area (TPSA) is 63.0 Å². The number of nitrogens with zero attached hydrogens (tertiary/aromatic N) is 2. The number of nitriles is 1. The third-order valence-electron chi connectivity index (χ3n) is 4.00. The number of aromatic nitrogens is 1. The molecule has 0 bridgehead atoms. The fraction of sp³-hybridized carbons (Fsp3) is 0.533. The van der Waals surface area contributed by atoms with Crippen molar-refractivity contribution in [3.05, 3.63) is 30.1 Å². The number of ether oxygens (including phenoxy) is 1. The minimum Gasteiger partial charge on any atom is -0.375 e. The lowest BCUT2D eigenvalue weighted by atomic mass is 9.79. The van der Waals surface area contributed by atoms with Gasteiger partial charge in [0.15, 0.2) is 5.78 Å². The molecule has 4 heteroatoms. The Morgan fingerprint density at radius 1 is 1.42 bits per heavy atom. The maximum atomic E-state index is 12.6. The van der Waals surface area contributed by atoms with Crippen LogP contribution in [-0.2, 0) is 9.53 Å². The Morgan fingerprint density at radius 3 is 2.63 bits per heavy atom. The van der Waals surface area contributed by atoms with Crippen LogP contribution in [0.1, 0.15) is 32.3 Å². The summed E-state index contributed by atoms with van der Waals surface area (Å²) in [5.74, 6) is -0.896. The lowest BCUT2D eigenvalue weighted by Crippen LogP contribution is -2.30. The summed E-state index contributed by atoms with van der Waals surface area (Å²) >= 11 is 0. The highest BCUT2D eigenvalue weighted by Crippen LogP contribution is 2.36. The van der Waals surface area contributed by atoms with Gasteiger partial charge in [0, 0.05) is 12.4 Å². The Bertz CT molecular complexity index is 495. The van der Waals surface area contributed by atoms with Gasteiger partial charge in [-0.05, 0) is 31.4 Å². The first-order chi connectivity index (χ1) is 9.06. The summed E-state index contributed by atoms with van der Waals surface area (Å²) in [5.41, 5.74) is 0.661. The molecule has 2 rings (SSSR count). The van der Waals surface area contributed by atoms with Crippen LogP contribution in [0.4, 0.5) is 0 Å². The molecule has 2 heterocycles. The van der Waals surface area contributed by atoms with E-state index in [1.54, 1.807) is 24.5 Å². The van der Waals surface area contributed by atoms with Crippen LogP contribution in [0.15, 0.2) is 24.5 Å². The van der Waals surface area contributed by atoms with Crippen molar-refractivity contribution in [1.29, 1.82) is 5.26 Å². The number of hydrogen-bond donors (Lipinski definition) is 0. The van der Waals surface area contributed by atoms with Crippen LogP contribution >= 0.6 is 0 Å². The van der Waals surface area contributed by atoms with E-state index in [1.165, 1.54) is 0 Å². The predicted molar refractivity (Wildman–Crippen MR) is 70.3 cm³/mol. The Hall–Kier alpha value is -1.73. The number of rotatable bonds is 3. The fourth-order valence-electron chi connectivity index (χ4n) is 2.80. The van der Waals surface area contributed by atoms with Crippen LogP contribution in [0.3, 0.4) is 0 Å². The van der Waals surface area contributed by atoms with Gasteiger partial charge in [-0.1, -0.05) is 13.0 Å².